The maximum Gasteiger partial charge on any atom is 0.328 e. The molecule has 0 aliphatic rings. The molecule has 0 unspecified atom stereocenters. The molecule has 0 amide bonds. The van der Waals surface area contributed by atoms with Crippen LogP contribution in [0.5, 0.6) is 5.75 Å². The number of nitrogens with zero attached hydrogens (tertiary/aromatic N) is 2. The van der Waals surface area contributed by atoms with E-state index < -0.39 is 6.10 Å². The van der Waals surface area contributed by atoms with Gasteiger partial charge in [-0.3, -0.25) is 9.13 Å². The summed E-state index contributed by atoms with van der Waals surface area (Å²) in [6.07, 6.45) is -0.813. The first-order chi connectivity index (χ1) is 15.4. The largest absolute Gasteiger partial charge is 0.491 e. The molecule has 0 aliphatic carbocycles. The zero-order valence-corrected chi connectivity index (χ0v) is 18.1. The van der Waals surface area contributed by atoms with Gasteiger partial charge in [-0.1, -0.05) is 30.3 Å². The molecule has 1 atom stereocenters. The Morgan fingerprint density at radius 2 is 1.50 bits per heavy atom. The van der Waals surface area contributed by atoms with E-state index in [4.69, 9.17) is 4.74 Å². The predicted molar refractivity (Wildman–Crippen MR) is 122 cm³/mol. The first-order valence-electron chi connectivity index (χ1n) is 10.4. The molecule has 0 radical (unpaired) electrons. The molecule has 4 rings (SSSR count). The topological polar surface area (TPSA) is 68.4 Å². The second-order valence-corrected chi connectivity index (χ2v) is 7.85. The normalized spacial score (nSPS) is 12.2. The quantitative estimate of drug-likeness (QED) is 0.445. The summed E-state index contributed by atoms with van der Waals surface area (Å²) in [4.78, 5) is 12.1. The molecular formula is C25H26FN3O3. The van der Waals surface area contributed by atoms with Gasteiger partial charge < -0.3 is 15.2 Å². The summed E-state index contributed by atoms with van der Waals surface area (Å²) in [6, 6.07) is 19.6. The fourth-order valence-corrected chi connectivity index (χ4v) is 3.66. The number of fused-ring (bicyclic) bond motifs is 1. The molecule has 4 aromatic rings. The molecule has 166 valence electrons. The number of aliphatic hydroxyl groups excluding tert-OH is 1. The van der Waals surface area contributed by atoms with Gasteiger partial charge in [0.2, 0.25) is 0 Å². The van der Waals surface area contributed by atoms with Crippen molar-refractivity contribution in [2.24, 2.45) is 14.1 Å². The summed E-state index contributed by atoms with van der Waals surface area (Å²) >= 11 is 0. The van der Waals surface area contributed by atoms with Gasteiger partial charge in [0.1, 0.15) is 24.3 Å². The lowest BCUT2D eigenvalue weighted by atomic mass is 10.1. The van der Waals surface area contributed by atoms with E-state index in [0.29, 0.717) is 24.4 Å². The van der Waals surface area contributed by atoms with Gasteiger partial charge in [0.05, 0.1) is 11.0 Å². The van der Waals surface area contributed by atoms with Gasteiger partial charge in [0.15, 0.2) is 0 Å². The van der Waals surface area contributed by atoms with Crippen molar-refractivity contribution in [1.29, 1.82) is 0 Å². The second kappa shape index (κ2) is 9.38. The summed E-state index contributed by atoms with van der Waals surface area (Å²) < 4.78 is 21.9. The second-order valence-electron chi connectivity index (χ2n) is 7.85. The average Bonchev–Trinajstić information content (AvgIpc) is 3.03. The summed E-state index contributed by atoms with van der Waals surface area (Å²) in [7, 11) is 3.44. The Labute approximate surface area is 185 Å². The first kappa shape index (κ1) is 21.8. The lowest BCUT2D eigenvalue weighted by Gasteiger charge is -2.14. The van der Waals surface area contributed by atoms with Crippen LogP contribution in [0.1, 0.15) is 22.8 Å². The lowest BCUT2D eigenvalue weighted by molar-refractivity contribution is 0.108. The Kier molecular flexibility index (Phi) is 6.39. The number of aryl methyl sites for hydroxylation is 2. The molecule has 0 bridgehead atoms. The van der Waals surface area contributed by atoms with Crippen molar-refractivity contribution in [3.05, 3.63) is 99.7 Å². The number of nitrogens with one attached hydrogen (secondary N) is 1. The summed E-state index contributed by atoms with van der Waals surface area (Å²) in [5, 5.41) is 13.9. The number of hydrogen-bond acceptors (Lipinski definition) is 4. The van der Waals surface area contributed by atoms with Crippen LogP contribution in [0.15, 0.2) is 71.5 Å². The van der Waals surface area contributed by atoms with Gasteiger partial charge >= 0.3 is 5.69 Å². The van der Waals surface area contributed by atoms with Crippen LogP contribution in [0.2, 0.25) is 0 Å². The molecular weight excluding hydrogens is 409 g/mol. The molecule has 0 aliphatic heterocycles. The highest BCUT2D eigenvalue weighted by molar-refractivity contribution is 5.77. The van der Waals surface area contributed by atoms with Gasteiger partial charge in [0, 0.05) is 27.2 Å². The van der Waals surface area contributed by atoms with Crippen molar-refractivity contribution in [2.75, 3.05) is 6.61 Å². The Morgan fingerprint density at radius 3 is 2.16 bits per heavy atom. The number of rotatable bonds is 8. The van der Waals surface area contributed by atoms with Crippen molar-refractivity contribution in [3.8, 4) is 5.75 Å². The standard InChI is InChI=1S/C25H26FN3O3/c1-28-22-12-7-19(13-23(22)29(2)25(28)31)24(30)16-32-21-10-5-18(6-11-21)15-27-14-17-3-8-20(26)9-4-17/h3-13,24,27,30H,14-16H2,1-2H3/t24-/m1/s1. The highest BCUT2D eigenvalue weighted by Crippen LogP contribution is 2.21. The van der Waals surface area contributed by atoms with E-state index in [0.717, 1.165) is 22.2 Å². The van der Waals surface area contributed by atoms with E-state index in [9.17, 15) is 14.3 Å². The fraction of sp³-hybridized carbons (Fsp3) is 0.240. The highest BCUT2D eigenvalue weighted by Gasteiger charge is 2.13. The van der Waals surface area contributed by atoms with Crippen LogP contribution in [-0.2, 0) is 27.2 Å². The summed E-state index contributed by atoms with van der Waals surface area (Å²) in [5.74, 6) is 0.431. The Hall–Kier alpha value is -3.42. The third kappa shape index (κ3) is 4.74. The highest BCUT2D eigenvalue weighted by atomic mass is 19.1. The molecule has 7 heteroatoms. The zero-order chi connectivity index (χ0) is 22.7. The molecule has 0 spiro atoms. The molecule has 32 heavy (non-hydrogen) atoms. The number of imidazole rings is 1. The number of halogens is 1. The molecule has 1 aromatic heterocycles. The number of ether oxygens (including phenoxy) is 1. The summed E-state index contributed by atoms with van der Waals surface area (Å²) in [6.45, 7) is 1.44. The van der Waals surface area contributed by atoms with Gasteiger partial charge in [-0.25, -0.2) is 9.18 Å². The maximum absolute atomic E-state index is 13.0. The van der Waals surface area contributed by atoms with E-state index in [-0.39, 0.29) is 18.1 Å². The molecule has 0 fully saturated rings. The third-order valence-electron chi connectivity index (χ3n) is 5.58. The molecule has 0 saturated heterocycles. The maximum atomic E-state index is 13.0. The monoisotopic (exact) mass is 435 g/mol. The number of benzene rings is 3. The number of aliphatic hydroxyl groups is 1. The molecule has 6 nitrogen and oxygen atoms in total. The minimum Gasteiger partial charge on any atom is -0.491 e. The zero-order valence-electron chi connectivity index (χ0n) is 18.1. The SMILES string of the molecule is Cn1c(=O)n(C)c2cc([C@H](O)COc3ccc(CNCc4ccc(F)cc4)cc3)ccc21. The lowest BCUT2D eigenvalue weighted by Crippen LogP contribution is -2.19. The van der Waals surface area contributed by atoms with Crippen LogP contribution in [0.25, 0.3) is 11.0 Å². The molecule has 3 aromatic carbocycles. The molecule has 0 saturated carbocycles. The summed E-state index contributed by atoms with van der Waals surface area (Å²) in [5.41, 5.74) is 4.30. The Balaban J connectivity index is 1.31. The van der Waals surface area contributed by atoms with Crippen molar-refractivity contribution < 1.29 is 14.2 Å². The van der Waals surface area contributed by atoms with Gasteiger partial charge in [0.25, 0.3) is 0 Å². The average molecular weight is 435 g/mol. The third-order valence-corrected chi connectivity index (χ3v) is 5.58. The van der Waals surface area contributed by atoms with Gasteiger partial charge in [-0.2, -0.15) is 0 Å². The predicted octanol–water partition coefficient (Wildman–Crippen LogP) is 3.42. The molecule has 1 heterocycles. The van der Waals surface area contributed by atoms with Gasteiger partial charge in [-0.15, -0.1) is 0 Å². The number of hydrogen-bond donors (Lipinski definition) is 2. The minimum atomic E-state index is -0.813. The van der Waals surface area contributed by atoms with E-state index in [2.05, 4.69) is 5.32 Å². The van der Waals surface area contributed by atoms with Crippen LogP contribution in [0, 0.1) is 5.82 Å². The van der Waals surface area contributed by atoms with Crippen LogP contribution < -0.4 is 15.7 Å². The van der Waals surface area contributed by atoms with E-state index in [1.54, 1.807) is 35.4 Å². The van der Waals surface area contributed by atoms with E-state index in [1.807, 2.05) is 42.5 Å². The van der Waals surface area contributed by atoms with Crippen LogP contribution >= 0.6 is 0 Å². The van der Waals surface area contributed by atoms with Crippen molar-refractivity contribution in [2.45, 2.75) is 19.2 Å². The van der Waals surface area contributed by atoms with Crippen LogP contribution in [0.4, 0.5) is 4.39 Å². The molecule has 2 N–H and O–H groups in total. The van der Waals surface area contributed by atoms with Crippen molar-refractivity contribution >= 4 is 11.0 Å². The first-order valence-corrected chi connectivity index (χ1v) is 10.4. The van der Waals surface area contributed by atoms with Gasteiger partial charge in [-0.05, 0) is 53.1 Å². The minimum absolute atomic E-state index is 0.102. The number of aromatic nitrogens is 2. The van der Waals surface area contributed by atoms with Crippen LogP contribution in [0.3, 0.4) is 0 Å². The van der Waals surface area contributed by atoms with Crippen LogP contribution in [-0.4, -0.2) is 20.8 Å². The van der Waals surface area contributed by atoms with Crippen molar-refractivity contribution in [1.82, 2.24) is 14.5 Å². The van der Waals surface area contributed by atoms with E-state index in [1.165, 1.54) is 12.1 Å². The fourth-order valence-electron chi connectivity index (χ4n) is 3.66. The van der Waals surface area contributed by atoms with E-state index >= 15 is 0 Å². The Bertz CT molecular complexity index is 1260. The smallest absolute Gasteiger partial charge is 0.328 e. The Morgan fingerprint density at radius 1 is 0.906 bits per heavy atom. The van der Waals surface area contributed by atoms with Crippen molar-refractivity contribution in [3.63, 3.8) is 0 Å².